The molecule has 0 spiro atoms. The summed E-state index contributed by atoms with van der Waals surface area (Å²) in [7, 11) is 0. The van der Waals surface area contributed by atoms with E-state index in [1.54, 1.807) is 6.92 Å². The van der Waals surface area contributed by atoms with E-state index in [0.29, 0.717) is 12.3 Å². The minimum atomic E-state index is -0.742. The molecule has 0 heterocycles. The van der Waals surface area contributed by atoms with Crippen LogP contribution in [0.4, 0.5) is 0 Å². The summed E-state index contributed by atoms with van der Waals surface area (Å²) in [6.07, 6.45) is 1.53. The van der Waals surface area contributed by atoms with Crippen molar-refractivity contribution in [3.05, 3.63) is 0 Å². The van der Waals surface area contributed by atoms with Gasteiger partial charge >= 0.3 is 0 Å². The number of oxime groups is 1. The molecule has 15 heavy (non-hydrogen) atoms. The van der Waals surface area contributed by atoms with Gasteiger partial charge in [-0.1, -0.05) is 19.0 Å². The first-order valence-electron chi connectivity index (χ1n) is 5.24. The van der Waals surface area contributed by atoms with Gasteiger partial charge in [-0.05, 0) is 25.7 Å². The number of hydrogen-bond acceptors (Lipinski definition) is 3. The van der Waals surface area contributed by atoms with Crippen LogP contribution < -0.4 is 11.1 Å². The van der Waals surface area contributed by atoms with Crippen LogP contribution in [0.1, 0.15) is 33.6 Å². The quantitative estimate of drug-likeness (QED) is 0.277. The molecule has 3 atom stereocenters. The Morgan fingerprint density at radius 1 is 1.73 bits per heavy atom. The fourth-order valence-corrected chi connectivity index (χ4v) is 1.50. The largest absolute Gasteiger partial charge is 0.409 e. The fraction of sp³-hybridized carbons (Fsp3) is 0.800. The molecule has 5 heteroatoms. The summed E-state index contributed by atoms with van der Waals surface area (Å²) in [6.45, 7) is 5.68. The highest BCUT2D eigenvalue weighted by Gasteiger charge is 2.42. The van der Waals surface area contributed by atoms with Gasteiger partial charge in [0.1, 0.15) is 0 Å². The summed E-state index contributed by atoms with van der Waals surface area (Å²) in [5.74, 6) is 0.603. The van der Waals surface area contributed by atoms with E-state index in [2.05, 4.69) is 10.5 Å². The van der Waals surface area contributed by atoms with E-state index in [9.17, 15) is 4.79 Å². The number of nitrogens with two attached hydrogens (primary N) is 1. The Hall–Kier alpha value is -1.26. The van der Waals surface area contributed by atoms with Gasteiger partial charge in [0.25, 0.3) is 0 Å². The molecule has 0 aromatic carbocycles. The molecule has 1 fully saturated rings. The van der Waals surface area contributed by atoms with Crippen molar-refractivity contribution in [1.29, 1.82) is 0 Å². The number of carbonyl (C=O) groups is 1. The van der Waals surface area contributed by atoms with Crippen LogP contribution in [0.25, 0.3) is 0 Å². The molecule has 5 nitrogen and oxygen atoms in total. The fourth-order valence-electron chi connectivity index (χ4n) is 1.50. The van der Waals surface area contributed by atoms with E-state index in [-0.39, 0.29) is 17.7 Å². The van der Waals surface area contributed by atoms with Gasteiger partial charge in [-0.25, -0.2) is 0 Å². The third kappa shape index (κ3) is 2.40. The van der Waals surface area contributed by atoms with Crippen LogP contribution in [-0.4, -0.2) is 22.5 Å². The van der Waals surface area contributed by atoms with Crippen molar-refractivity contribution in [3.63, 3.8) is 0 Å². The van der Waals surface area contributed by atoms with Crippen LogP contribution in [-0.2, 0) is 4.79 Å². The Kier molecular flexibility index (Phi) is 3.21. The van der Waals surface area contributed by atoms with Crippen molar-refractivity contribution in [2.24, 2.45) is 22.7 Å². The first-order chi connectivity index (χ1) is 6.94. The SMILES string of the molecule is CCC(C)(NC(=O)C1CC1C)/C(N)=N/O. The van der Waals surface area contributed by atoms with E-state index in [1.807, 2.05) is 13.8 Å². The molecule has 1 rings (SSSR count). The van der Waals surface area contributed by atoms with Crippen LogP contribution in [0.3, 0.4) is 0 Å². The van der Waals surface area contributed by atoms with E-state index in [0.717, 1.165) is 6.42 Å². The number of nitrogens with one attached hydrogen (secondary N) is 1. The lowest BCUT2D eigenvalue weighted by atomic mass is 9.97. The minimum absolute atomic E-state index is 0.00144. The standard InChI is InChI=1S/C10H19N3O2/c1-4-10(3,9(11)13-15)12-8(14)7-5-6(7)2/h6-7,15H,4-5H2,1-3H3,(H2,11,13)(H,12,14). The Morgan fingerprint density at radius 2 is 2.27 bits per heavy atom. The highest BCUT2D eigenvalue weighted by atomic mass is 16.4. The Balaban J connectivity index is 2.64. The maximum absolute atomic E-state index is 11.7. The summed E-state index contributed by atoms with van der Waals surface area (Å²) >= 11 is 0. The lowest BCUT2D eigenvalue weighted by molar-refractivity contribution is -0.123. The molecule has 0 radical (unpaired) electrons. The van der Waals surface area contributed by atoms with Gasteiger partial charge in [0, 0.05) is 5.92 Å². The third-order valence-corrected chi connectivity index (χ3v) is 3.23. The van der Waals surface area contributed by atoms with Crippen molar-refractivity contribution in [2.45, 2.75) is 39.2 Å². The summed E-state index contributed by atoms with van der Waals surface area (Å²) in [5.41, 5.74) is 4.81. The van der Waals surface area contributed by atoms with Gasteiger partial charge in [0.05, 0.1) is 5.54 Å². The van der Waals surface area contributed by atoms with Crippen molar-refractivity contribution in [2.75, 3.05) is 0 Å². The number of carbonyl (C=O) groups excluding carboxylic acids is 1. The van der Waals surface area contributed by atoms with E-state index in [4.69, 9.17) is 10.9 Å². The molecule has 0 aromatic heterocycles. The average Bonchev–Trinajstić information content (AvgIpc) is 2.94. The second kappa shape index (κ2) is 4.08. The lowest BCUT2D eigenvalue weighted by Gasteiger charge is -2.28. The van der Waals surface area contributed by atoms with Gasteiger partial charge in [-0.15, -0.1) is 0 Å². The molecule has 4 N–H and O–H groups in total. The Morgan fingerprint density at radius 3 is 2.60 bits per heavy atom. The molecule has 0 aromatic rings. The molecule has 1 amide bonds. The van der Waals surface area contributed by atoms with E-state index >= 15 is 0 Å². The van der Waals surface area contributed by atoms with Crippen LogP contribution in [0.5, 0.6) is 0 Å². The first kappa shape index (κ1) is 11.8. The van der Waals surface area contributed by atoms with Crippen molar-refractivity contribution >= 4 is 11.7 Å². The van der Waals surface area contributed by atoms with Gasteiger partial charge in [0.2, 0.25) is 5.91 Å². The van der Waals surface area contributed by atoms with E-state index < -0.39 is 5.54 Å². The molecule has 1 aliphatic carbocycles. The van der Waals surface area contributed by atoms with Crippen LogP contribution in [0, 0.1) is 11.8 Å². The molecular weight excluding hydrogens is 194 g/mol. The summed E-state index contributed by atoms with van der Waals surface area (Å²) < 4.78 is 0. The average molecular weight is 213 g/mol. The van der Waals surface area contributed by atoms with Gasteiger partial charge < -0.3 is 16.3 Å². The molecule has 3 unspecified atom stereocenters. The Bertz CT molecular complexity index is 290. The van der Waals surface area contributed by atoms with Crippen molar-refractivity contribution in [1.82, 2.24) is 5.32 Å². The topological polar surface area (TPSA) is 87.7 Å². The maximum Gasteiger partial charge on any atom is 0.224 e. The second-order valence-corrected chi connectivity index (χ2v) is 4.48. The molecule has 1 saturated carbocycles. The summed E-state index contributed by atoms with van der Waals surface area (Å²) in [4.78, 5) is 11.7. The van der Waals surface area contributed by atoms with Gasteiger partial charge in [-0.3, -0.25) is 4.79 Å². The minimum Gasteiger partial charge on any atom is -0.409 e. The molecule has 0 aliphatic heterocycles. The van der Waals surface area contributed by atoms with Crippen molar-refractivity contribution < 1.29 is 10.0 Å². The van der Waals surface area contributed by atoms with Crippen LogP contribution in [0.2, 0.25) is 0 Å². The molecular formula is C10H19N3O2. The number of rotatable bonds is 4. The summed E-state index contributed by atoms with van der Waals surface area (Å²) in [5, 5.41) is 14.4. The van der Waals surface area contributed by atoms with Gasteiger partial charge in [0.15, 0.2) is 5.84 Å². The third-order valence-electron chi connectivity index (χ3n) is 3.23. The Labute approximate surface area is 89.7 Å². The monoisotopic (exact) mass is 213 g/mol. The zero-order valence-electron chi connectivity index (χ0n) is 9.45. The highest BCUT2D eigenvalue weighted by Crippen LogP contribution is 2.38. The molecule has 86 valence electrons. The second-order valence-electron chi connectivity index (χ2n) is 4.48. The zero-order valence-corrected chi connectivity index (χ0v) is 9.45. The summed E-state index contributed by atoms with van der Waals surface area (Å²) in [6, 6.07) is 0. The van der Waals surface area contributed by atoms with Gasteiger partial charge in [-0.2, -0.15) is 0 Å². The molecule has 1 aliphatic rings. The normalized spacial score (nSPS) is 29.4. The van der Waals surface area contributed by atoms with Crippen molar-refractivity contribution in [3.8, 4) is 0 Å². The van der Waals surface area contributed by atoms with Crippen LogP contribution >= 0.6 is 0 Å². The molecule has 0 saturated heterocycles. The number of hydrogen-bond donors (Lipinski definition) is 3. The number of amides is 1. The number of amidine groups is 1. The number of nitrogens with zero attached hydrogens (tertiary/aromatic N) is 1. The van der Waals surface area contributed by atoms with E-state index in [1.165, 1.54) is 0 Å². The highest BCUT2D eigenvalue weighted by molar-refractivity contribution is 5.94. The smallest absolute Gasteiger partial charge is 0.224 e. The van der Waals surface area contributed by atoms with Crippen LogP contribution in [0.15, 0.2) is 5.16 Å². The first-order valence-corrected chi connectivity index (χ1v) is 5.24. The zero-order chi connectivity index (χ0) is 11.6. The predicted molar refractivity (Wildman–Crippen MR) is 57.5 cm³/mol. The predicted octanol–water partition coefficient (Wildman–Crippen LogP) is 0.674. The molecule has 0 bridgehead atoms. The maximum atomic E-state index is 11.7. The lowest BCUT2D eigenvalue weighted by Crippen LogP contribution is -2.55.